The number of anilines is 1. The number of phenolic OH excluding ortho intramolecular Hbond substituents is 1. The maximum atomic E-state index is 14.6. The van der Waals surface area contributed by atoms with Crippen LogP contribution >= 0.6 is 11.6 Å². The maximum Gasteiger partial charge on any atom is 0.388 e. The number of hydrogen-bond acceptors (Lipinski definition) is 4. The average molecular weight is 506 g/mol. The number of rotatable bonds is 5. The molecule has 3 aromatic rings. The second-order valence-corrected chi connectivity index (χ2v) is 7.30. The lowest BCUT2D eigenvalue weighted by molar-refractivity contribution is -0.130. The second kappa shape index (κ2) is 11.3. The minimum absolute atomic E-state index is 0.0378. The summed E-state index contributed by atoms with van der Waals surface area (Å²) in [5.41, 5.74) is 0.252. The van der Waals surface area contributed by atoms with Gasteiger partial charge < -0.3 is 20.5 Å². The van der Waals surface area contributed by atoms with Crippen molar-refractivity contribution in [1.29, 1.82) is 0 Å². The molecule has 0 aliphatic rings. The van der Waals surface area contributed by atoms with Crippen LogP contribution in [0.4, 0.5) is 27.6 Å². The number of carbonyl (C=O) groups is 1. The number of phenols is 1. The van der Waals surface area contributed by atoms with Crippen LogP contribution in [0.1, 0.15) is 42.0 Å². The number of carbonyl (C=O) groups excluding carboxylic acids is 1. The molecule has 6 nitrogen and oxygen atoms in total. The van der Waals surface area contributed by atoms with Crippen LogP contribution in [0.15, 0.2) is 30.3 Å². The van der Waals surface area contributed by atoms with Gasteiger partial charge in [-0.05, 0) is 30.7 Å². The van der Waals surface area contributed by atoms with Gasteiger partial charge in [-0.25, -0.2) is 13.8 Å². The zero-order valence-corrected chi connectivity index (χ0v) is 18.8. The molecule has 3 rings (SSSR count). The van der Waals surface area contributed by atoms with Crippen LogP contribution in [-0.2, 0) is 13.0 Å². The van der Waals surface area contributed by atoms with Crippen LogP contribution in [0.5, 0.6) is 5.75 Å². The minimum Gasteiger partial charge on any atom is -0.507 e. The first kappa shape index (κ1) is 27.1. The summed E-state index contributed by atoms with van der Waals surface area (Å²) in [5, 5.41) is 21.7. The molecule has 0 unspecified atom stereocenters. The Labute approximate surface area is 196 Å². The number of amides is 1. The number of nitrogens with zero attached hydrogens (tertiary/aromatic N) is 1. The Hall–Kier alpha value is -3.18. The van der Waals surface area contributed by atoms with Crippen molar-refractivity contribution in [2.45, 2.75) is 39.5 Å². The fourth-order valence-electron chi connectivity index (χ4n) is 2.72. The third-order valence-corrected chi connectivity index (χ3v) is 4.86. The van der Waals surface area contributed by atoms with Gasteiger partial charge in [-0.1, -0.05) is 31.5 Å². The summed E-state index contributed by atoms with van der Waals surface area (Å²) < 4.78 is 60.8. The number of aromatic hydroxyl groups is 1. The molecule has 0 saturated carbocycles. The summed E-state index contributed by atoms with van der Waals surface area (Å²) in [6, 6.07) is 5.71. The van der Waals surface area contributed by atoms with E-state index < -0.39 is 41.5 Å². The van der Waals surface area contributed by atoms with Gasteiger partial charge in [-0.15, -0.1) is 0 Å². The molecule has 1 aromatic heterocycles. The van der Waals surface area contributed by atoms with Crippen LogP contribution in [-0.4, -0.2) is 32.3 Å². The molecule has 2 aromatic carbocycles. The number of imidazole rings is 1. The van der Waals surface area contributed by atoms with Crippen molar-refractivity contribution in [1.82, 2.24) is 9.97 Å². The number of nitrogens with one attached hydrogen (secondary N) is 2. The first-order chi connectivity index (χ1) is 15.9. The van der Waals surface area contributed by atoms with Gasteiger partial charge in [-0.3, -0.25) is 4.79 Å². The zero-order valence-electron chi connectivity index (χ0n) is 18.0. The zero-order chi connectivity index (χ0) is 25.6. The van der Waals surface area contributed by atoms with Gasteiger partial charge in [0.05, 0.1) is 39.8 Å². The van der Waals surface area contributed by atoms with Crippen LogP contribution in [0.3, 0.4) is 0 Å². The number of aliphatic hydroxyl groups is 1. The molecular weight excluding hydrogens is 485 g/mol. The predicted molar refractivity (Wildman–Crippen MR) is 117 cm³/mol. The van der Waals surface area contributed by atoms with E-state index in [0.717, 1.165) is 25.1 Å². The Morgan fingerprint density at radius 3 is 2.32 bits per heavy atom. The van der Waals surface area contributed by atoms with Crippen molar-refractivity contribution >= 4 is 23.2 Å². The van der Waals surface area contributed by atoms with E-state index in [4.69, 9.17) is 11.6 Å². The van der Waals surface area contributed by atoms with Crippen molar-refractivity contribution in [3.8, 4) is 17.1 Å². The van der Waals surface area contributed by atoms with E-state index in [1.54, 1.807) is 0 Å². The highest BCUT2D eigenvalue weighted by Crippen LogP contribution is 2.31. The molecule has 4 N–H and O–H groups in total. The van der Waals surface area contributed by atoms with E-state index >= 15 is 0 Å². The summed E-state index contributed by atoms with van der Waals surface area (Å²) in [6.45, 7) is 2.61. The van der Waals surface area contributed by atoms with Crippen molar-refractivity contribution in [2.75, 3.05) is 5.32 Å². The molecule has 0 radical (unpaired) electrons. The van der Waals surface area contributed by atoms with E-state index in [-0.39, 0.29) is 28.7 Å². The molecule has 0 aliphatic carbocycles. The number of halogens is 6. The highest BCUT2D eigenvalue weighted by Gasteiger charge is 2.23. The van der Waals surface area contributed by atoms with Gasteiger partial charge in [0.1, 0.15) is 23.2 Å². The van der Waals surface area contributed by atoms with Gasteiger partial charge in [0.25, 0.3) is 5.91 Å². The van der Waals surface area contributed by atoms with Gasteiger partial charge in [-0.2, -0.15) is 13.2 Å². The molecule has 0 aliphatic heterocycles. The topological polar surface area (TPSA) is 98.2 Å². The van der Waals surface area contributed by atoms with E-state index in [1.165, 1.54) is 12.1 Å². The highest BCUT2D eigenvalue weighted by atomic mass is 35.5. The van der Waals surface area contributed by atoms with Gasteiger partial charge in [0.15, 0.2) is 0 Å². The van der Waals surface area contributed by atoms with Gasteiger partial charge in [0, 0.05) is 6.42 Å². The van der Waals surface area contributed by atoms with Gasteiger partial charge >= 0.3 is 6.18 Å². The number of alkyl halides is 3. The van der Waals surface area contributed by atoms with Crippen molar-refractivity contribution in [3.05, 3.63) is 63.9 Å². The summed E-state index contributed by atoms with van der Waals surface area (Å²) in [7, 11) is 0. The number of hydrogen-bond donors (Lipinski definition) is 4. The summed E-state index contributed by atoms with van der Waals surface area (Å²) in [4.78, 5) is 19.4. The largest absolute Gasteiger partial charge is 0.507 e. The Kier molecular flexibility index (Phi) is 9.00. The van der Waals surface area contributed by atoms with Crippen LogP contribution in [0, 0.1) is 11.6 Å². The van der Waals surface area contributed by atoms with Crippen molar-refractivity contribution in [3.63, 3.8) is 0 Å². The third-order valence-electron chi connectivity index (χ3n) is 4.54. The minimum atomic E-state index is -3.96. The summed E-state index contributed by atoms with van der Waals surface area (Å²) in [5.74, 6) is -2.95. The third kappa shape index (κ3) is 6.67. The summed E-state index contributed by atoms with van der Waals surface area (Å²) in [6.07, 6.45) is -4.17. The van der Waals surface area contributed by atoms with Crippen LogP contribution in [0.2, 0.25) is 5.02 Å². The van der Waals surface area contributed by atoms with Crippen LogP contribution < -0.4 is 5.32 Å². The standard InChI is InChI=1S/C19H16ClF2N3O3.C3H5F3/c1-2-14-15(8-26)24-18(23-14)9-7-16(27)10(6-13(9)22)19(28)25-17-11(20)4-3-5-12(17)21;1-2-3(4,5)6/h3-7,26-27H,2,8H2,1H3,(H,23,24)(H,25,28);2H2,1H3. The number of aliphatic hydroxyl groups excluding tert-OH is 1. The lowest BCUT2D eigenvalue weighted by Gasteiger charge is -2.11. The first-order valence-electron chi connectivity index (χ1n) is 9.95. The number of aromatic amines is 1. The van der Waals surface area contributed by atoms with E-state index in [1.807, 2.05) is 6.92 Å². The molecule has 0 atom stereocenters. The molecule has 12 heteroatoms. The Balaban J connectivity index is 0.000000604. The van der Waals surface area contributed by atoms with E-state index in [0.29, 0.717) is 17.8 Å². The summed E-state index contributed by atoms with van der Waals surface area (Å²) >= 11 is 5.86. The molecule has 0 saturated heterocycles. The van der Waals surface area contributed by atoms with Gasteiger partial charge in [0.2, 0.25) is 0 Å². The predicted octanol–water partition coefficient (Wildman–Crippen LogP) is 5.98. The number of H-pyrrole nitrogens is 1. The van der Waals surface area contributed by atoms with Crippen LogP contribution in [0.25, 0.3) is 11.4 Å². The lowest BCUT2D eigenvalue weighted by atomic mass is 10.1. The smallest absolute Gasteiger partial charge is 0.388 e. The monoisotopic (exact) mass is 505 g/mol. The van der Waals surface area contributed by atoms with E-state index in [2.05, 4.69) is 15.3 Å². The molecule has 1 heterocycles. The Morgan fingerprint density at radius 2 is 1.82 bits per heavy atom. The normalized spacial score (nSPS) is 11.1. The molecular formula is C22H21ClF5N3O3. The second-order valence-electron chi connectivity index (χ2n) is 6.89. The Bertz CT molecular complexity index is 1120. The molecule has 0 spiro atoms. The molecule has 0 fully saturated rings. The molecule has 34 heavy (non-hydrogen) atoms. The van der Waals surface area contributed by atoms with Crippen molar-refractivity contribution < 1.29 is 37.0 Å². The molecule has 184 valence electrons. The molecule has 0 bridgehead atoms. The highest BCUT2D eigenvalue weighted by molar-refractivity contribution is 6.34. The SMILES string of the molecule is CCC(F)(F)F.CCc1nc(-c2cc(O)c(C(=O)Nc3c(F)cccc3Cl)cc2F)[nH]c1CO. The number of para-hydroxylation sites is 1. The fourth-order valence-corrected chi connectivity index (χ4v) is 2.93. The maximum absolute atomic E-state index is 14.6. The van der Waals surface area contributed by atoms with Crippen molar-refractivity contribution in [2.24, 2.45) is 0 Å². The number of aryl methyl sites for hydroxylation is 1. The average Bonchev–Trinajstić information content (AvgIpc) is 3.20. The lowest BCUT2D eigenvalue weighted by Crippen LogP contribution is -2.14. The fraction of sp³-hybridized carbons (Fsp3) is 0.273. The van der Waals surface area contributed by atoms with E-state index in [9.17, 15) is 37.0 Å². The Morgan fingerprint density at radius 1 is 1.18 bits per heavy atom. The number of aromatic nitrogens is 2. The molecule has 1 amide bonds. The number of benzene rings is 2. The quantitative estimate of drug-likeness (QED) is 0.321. The first-order valence-corrected chi connectivity index (χ1v) is 10.3.